The van der Waals surface area contributed by atoms with Gasteiger partial charge in [-0.15, -0.1) is 10.2 Å². The Balaban J connectivity index is 1.29. The molecule has 0 bridgehead atoms. The first-order valence-electron chi connectivity index (χ1n) is 9.75. The van der Waals surface area contributed by atoms with Crippen molar-refractivity contribution in [2.45, 2.75) is 26.3 Å². The predicted molar refractivity (Wildman–Crippen MR) is 118 cm³/mol. The van der Waals surface area contributed by atoms with Gasteiger partial charge in [0.05, 0.1) is 0 Å². The van der Waals surface area contributed by atoms with Gasteiger partial charge in [0.25, 0.3) is 0 Å². The molecule has 0 spiro atoms. The summed E-state index contributed by atoms with van der Waals surface area (Å²) in [7, 11) is 0. The number of piperidine rings is 1. The zero-order valence-corrected chi connectivity index (χ0v) is 17.8. The van der Waals surface area contributed by atoms with Crippen LogP contribution in [0.2, 0.25) is 5.02 Å². The summed E-state index contributed by atoms with van der Waals surface area (Å²) in [4.78, 5) is 15.0. The summed E-state index contributed by atoms with van der Waals surface area (Å²) in [6, 6.07) is 16.1. The van der Waals surface area contributed by atoms with E-state index >= 15 is 0 Å². The average Bonchev–Trinajstić information content (AvgIpc) is 3.19. The number of rotatable bonds is 5. The van der Waals surface area contributed by atoms with Crippen molar-refractivity contribution in [1.82, 2.24) is 15.1 Å². The Morgan fingerprint density at radius 3 is 2.48 bits per heavy atom. The van der Waals surface area contributed by atoms with E-state index in [0.29, 0.717) is 5.13 Å². The summed E-state index contributed by atoms with van der Waals surface area (Å²) >= 11 is 7.36. The molecule has 1 aliphatic rings. The van der Waals surface area contributed by atoms with Crippen LogP contribution >= 0.6 is 22.9 Å². The number of likely N-dealkylation sites (tertiary alicyclic amines) is 1. The van der Waals surface area contributed by atoms with Crippen LogP contribution in [0.4, 0.5) is 5.13 Å². The fourth-order valence-corrected chi connectivity index (χ4v) is 4.37. The van der Waals surface area contributed by atoms with Crippen molar-refractivity contribution in [2.24, 2.45) is 5.92 Å². The molecule has 2 aromatic carbocycles. The second-order valence-electron chi connectivity index (χ2n) is 7.44. The van der Waals surface area contributed by atoms with Crippen molar-refractivity contribution >= 4 is 34.0 Å². The van der Waals surface area contributed by atoms with Gasteiger partial charge in [0, 0.05) is 23.0 Å². The topological polar surface area (TPSA) is 58.1 Å². The Bertz CT molecular complexity index is 963. The maximum atomic E-state index is 12.7. The minimum absolute atomic E-state index is 0.0168. The maximum absolute atomic E-state index is 12.7. The van der Waals surface area contributed by atoms with E-state index in [1.54, 1.807) is 0 Å². The fraction of sp³-hybridized carbons (Fsp3) is 0.318. The number of carbonyl (C=O) groups excluding carboxylic acids is 1. The highest BCUT2D eigenvalue weighted by Crippen LogP contribution is 2.28. The van der Waals surface area contributed by atoms with E-state index in [9.17, 15) is 4.79 Å². The van der Waals surface area contributed by atoms with Gasteiger partial charge < -0.3 is 5.32 Å². The first-order chi connectivity index (χ1) is 14.1. The summed E-state index contributed by atoms with van der Waals surface area (Å²) in [5.41, 5.74) is 3.47. The average molecular weight is 427 g/mol. The van der Waals surface area contributed by atoms with Crippen LogP contribution in [-0.4, -0.2) is 34.1 Å². The van der Waals surface area contributed by atoms with E-state index in [4.69, 9.17) is 11.6 Å². The second kappa shape index (κ2) is 9.03. The lowest BCUT2D eigenvalue weighted by Crippen LogP contribution is -2.37. The zero-order valence-electron chi connectivity index (χ0n) is 16.3. The molecule has 29 heavy (non-hydrogen) atoms. The van der Waals surface area contributed by atoms with Crippen LogP contribution in [-0.2, 0) is 11.3 Å². The number of carbonyl (C=O) groups is 1. The Hall–Kier alpha value is -2.28. The van der Waals surface area contributed by atoms with Crippen LogP contribution in [0.3, 0.4) is 0 Å². The minimum Gasteiger partial charge on any atom is -0.300 e. The molecule has 150 valence electrons. The highest BCUT2D eigenvalue weighted by atomic mass is 35.5. The fourth-order valence-electron chi connectivity index (χ4n) is 3.50. The molecule has 1 saturated heterocycles. The molecule has 1 amide bonds. The molecular formula is C22H23ClN4OS. The number of nitrogens with zero attached hydrogens (tertiary/aromatic N) is 3. The van der Waals surface area contributed by atoms with Gasteiger partial charge in [-0.2, -0.15) is 0 Å². The molecule has 0 atom stereocenters. The number of hydrogen-bond acceptors (Lipinski definition) is 5. The Morgan fingerprint density at radius 2 is 1.79 bits per heavy atom. The van der Waals surface area contributed by atoms with Crippen LogP contribution in [0.5, 0.6) is 0 Å². The maximum Gasteiger partial charge on any atom is 0.229 e. The van der Waals surface area contributed by atoms with Crippen molar-refractivity contribution in [3.05, 3.63) is 64.7 Å². The minimum atomic E-state index is 0.0168. The molecule has 2 heterocycles. The Morgan fingerprint density at radius 1 is 1.10 bits per heavy atom. The standard InChI is InChI=1S/C22H23ClN4OS/c1-15-2-6-18(7-3-15)21-25-26-22(29-21)24-20(28)17-10-12-27(13-11-17)14-16-4-8-19(23)9-5-16/h2-9,17H,10-14H2,1H3,(H,24,26,28). The Kier molecular flexibility index (Phi) is 6.23. The van der Waals surface area contributed by atoms with Gasteiger partial charge in [0.1, 0.15) is 5.01 Å². The van der Waals surface area contributed by atoms with Gasteiger partial charge in [0.2, 0.25) is 11.0 Å². The van der Waals surface area contributed by atoms with Crippen LogP contribution in [0.15, 0.2) is 48.5 Å². The molecule has 5 nitrogen and oxygen atoms in total. The third kappa shape index (κ3) is 5.21. The van der Waals surface area contributed by atoms with Gasteiger partial charge in [0.15, 0.2) is 0 Å². The largest absolute Gasteiger partial charge is 0.300 e. The van der Waals surface area contributed by atoms with Gasteiger partial charge >= 0.3 is 0 Å². The van der Waals surface area contributed by atoms with E-state index in [0.717, 1.165) is 48.1 Å². The lowest BCUT2D eigenvalue weighted by molar-refractivity contribution is -0.121. The number of anilines is 1. The van der Waals surface area contributed by atoms with Gasteiger partial charge in [-0.05, 0) is 50.6 Å². The molecule has 3 aromatic rings. The molecule has 0 unspecified atom stereocenters. The van der Waals surface area contributed by atoms with Crippen LogP contribution in [0, 0.1) is 12.8 Å². The van der Waals surface area contributed by atoms with E-state index < -0.39 is 0 Å². The third-order valence-electron chi connectivity index (χ3n) is 5.23. The lowest BCUT2D eigenvalue weighted by atomic mass is 9.95. The van der Waals surface area contributed by atoms with Crippen molar-refractivity contribution in [1.29, 1.82) is 0 Å². The first-order valence-corrected chi connectivity index (χ1v) is 10.9. The molecule has 0 aliphatic carbocycles. The lowest BCUT2D eigenvalue weighted by Gasteiger charge is -2.31. The Labute approximate surface area is 179 Å². The molecule has 1 aliphatic heterocycles. The summed E-state index contributed by atoms with van der Waals surface area (Å²) in [6.07, 6.45) is 1.70. The smallest absolute Gasteiger partial charge is 0.229 e. The number of aromatic nitrogens is 2. The van der Waals surface area contributed by atoms with E-state index in [2.05, 4.69) is 39.5 Å². The zero-order chi connectivity index (χ0) is 20.2. The van der Waals surface area contributed by atoms with Crippen molar-refractivity contribution in [3.8, 4) is 10.6 Å². The monoisotopic (exact) mass is 426 g/mol. The number of halogens is 1. The summed E-state index contributed by atoms with van der Waals surface area (Å²) in [5, 5.41) is 13.5. The highest BCUT2D eigenvalue weighted by molar-refractivity contribution is 7.18. The molecule has 0 radical (unpaired) electrons. The van der Waals surface area contributed by atoms with E-state index in [1.165, 1.54) is 22.5 Å². The number of amides is 1. The van der Waals surface area contributed by atoms with Crippen LogP contribution in [0.1, 0.15) is 24.0 Å². The van der Waals surface area contributed by atoms with Crippen molar-refractivity contribution in [2.75, 3.05) is 18.4 Å². The quantitative estimate of drug-likeness (QED) is 0.622. The summed E-state index contributed by atoms with van der Waals surface area (Å²) in [5.74, 6) is 0.0611. The van der Waals surface area contributed by atoms with Gasteiger partial charge in [-0.1, -0.05) is 64.9 Å². The number of aryl methyl sites for hydroxylation is 1. The van der Waals surface area contributed by atoms with Gasteiger partial charge in [-0.25, -0.2) is 0 Å². The summed E-state index contributed by atoms with van der Waals surface area (Å²) < 4.78 is 0. The SMILES string of the molecule is Cc1ccc(-c2nnc(NC(=O)C3CCN(Cc4ccc(Cl)cc4)CC3)s2)cc1. The number of benzene rings is 2. The first kappa shape index (κ1) is 20.0. The molecule has 1 fully saturated rings. The van der Waals surface area contributed by atoms with Crippen molar-refractivity contribution < 1.29 is 4.79 Å². The molecule has 7 heteroatoms. The van der Waals surface area contributed by atoms with Gasteiger partial charge in [-0.3, -0.25) is 9.69 Å². The van der Waals surface area contributed by atoms with Crippen LogP contribution < -0.4 is 5.32 Å². The molecule has 1 N–H and O–H groups in total. The van der Waals surface area contributed by atoms with Crippen molar-refractivity contribution in [3.63, 3.8) is 0 Å². The van der Waals surface area contributed by atoms with E-state index in [-0.39, 0.29) is 11.8 Å². The second-order valence-corrected chi connectivity index (χ2v) is 8.86. The normalized spacial score (nSPS) is 15.4. The summed E-state index contributed by atoms with van der Waals surface area (Å²) in [6.45, 7) is 4.76. The molecule has 4 rings (SSSR count). The molecular weight excluding hydrogens is 404 g/mol. The van der Waals surface area contributed by atoms with Crippen LogP contribution in [0.25, 0.3) is 10.6 Å². The number of nitrogens with one attached hydrogen (secondary N) is 1. The molecule has 1 aromatic heterocycles. The number of hydrogen-bond donors (Lipinski definition) is 1. The highest BCUT2D eigenvalue weighted by Gasteiger charge is 2.25. The third-order valence-corrected chi connectivity index (χ3v) is 6.37. The molecule has 0 saturated carbocycles. The van der Waals surface area contributed by atoms with E-state index in [1.807, 2.05) is 36.4 Å². The predicted octanol–water partition coefficient (Wildman–Crippen LogP) is 5.02.